The van der Waals surface area contributed by atoms with Gasteiger partial charge in [0.05, 0.1) is 22.8 Å². The number of aromatic carboxylic acids is 1. The maximum absolute atomic E-state index is 11.9. The van der Waals surface area contributed by atoms with E-state index in [4.69, 9.17) is 17.3 Å². The molecular weight excluding hydrogens is 294 g/mol. The Balaban J connectivity index is 3.30. The summed E-state index contributed by atoms with van der Waals surface area (Å²) in [5, 5.41) is 9.57. The molecule has 1 aromatic carbocycles. The second-order valence-corrected chi connectivity index (χ2v) is 5.32. The second-order valence-electron chi connectivity index (χ2n) is 4.91. The van der Waals surface area contributed by atoms with Gasteiger partial charge in [0.1, 0.15) is 0 Å². The number of carbonyl (C=O) groups is 2. The van der Waals surface area contributed by atoms with Gasteiger partial charge in [0, 0.05) is 26.3 Å². The smallest absolute Gasteiger partial charge is 0.337 e. The van der Waals surface area contributed by atoms with Gasteiger partial charge in [-0.2, -0.15) is 0 Å². The molecule has 0 radical (unpaired) electrons. The van der Waals surface area contributed by atoms with Crippen molar-refractivity contribution in [1.29, 1.82) is 0 Å². The summed E-state index contributed by atoms with van der Waals surface area (Å²) in [6.45, 7) is 2.52. The molecular formula is C14H20ClN3O3. The molecule has 0 aliphatic rings. The minimum absolute atomic E-state index is 0.00000567. The van der Waals surface area contributed by atoms with Gasteiger partial charge in [-0.25, -0.2) is 4.79 Å². The number of nitrogens with two attached hydrogens (primary N) is 1. The Hall–Kier alpha value is -1.95. The Kier molecular flexibility index (Phi) is 5.84. The van der Waals surface area contributed by atoms with Gasteiger partial charge in [-0.15, -0.1) is 0 Å². The minimum atomic E-state index is -1.13. The average molecular weight is 314 g/mol. The van der Waals surface area contributed by atoms with Crippen LogP contribution in [0.15, 0.2) is 12.1 Å². The van der Waals surface area contributed by atoms with E-state index in [-0.39, 0.29) is 28.7 Å². The molecule has 0 heterocycles. The molecule has 0 unspecified atom stereocenters. The highest BCUT2D eigenvalue weighted by Crippen LogP contribution is 2.32. The van der Waals surface area contributed by atoms with E-state index < -0.39 is 5.97 Å². The van der Waals surface area contributed by atoms with E-state index in [1.807, 2.05) is 6.92 Å². The second kappa shape index (κ2) is 7.17. The minimum Gasteiger partial charge on any atom is -0.478 e. The van der Waals surface area contributed by atoms with E-state index in [0.29, 0.717) is 12.2 Å². The van der Waals surface area contributed by atoms with Crippen LogP contribution >= 0.6 is 11.6 Å². The lowest BCUT2D eigenvalue weighted by Crippen LogP contribution is -2.38. The summed E-state index contributed by atoms with van der Waals surface area (Å²) >= 11 is 6.16. The van der Waals surface area contributed by atoms with Crippen molar-refractivity contribution in [1.82, 2.24) is 4.90 Å². The molecule has 0 saturated carbocycles. The van der Waals surface area contributed by atoms with E-state index in [2.05, 4.69) is 0 Å². The van der Waals surface area contributed by atoms with Crippen LogP contribution in [-0.2, 0) is 4.79 Å². The van der Waals surface area contributed by atoms with Crippen molar-refractivity contribution < 1.29 is 14.7 Å². The Morgan fingerprint density at radius 2 is 1.95 bits per heavy atom. The number of carbonyl (C=O) groups excluding carboxylic acids is 1. The van der Waals surface area contributed by atoms with Gasteiger partial charge in [-0.1, -0.05) is 18.5 Å². The fraction of sp³-hybridized carbons (Fsp3) is 0.429. The van der Waals surface area contributed by atoms with Gasteiger partial charge in [0.25, 0.3) is 0 Å². The molecule has 0 aliphatic carbocycles. The van der Waals surface area contributed by atoms with Gasteiger partial charge in [-0.05, 0) is 18.6 Å². The predicted octanol–water partition coefficient (Wildman–Crippen LogP) is 1.93. The van der Waals surface area contributed by atoms with Crippen molar-refractivity contribution in [3.05, 3.63) is 22.7 Å². The van der Waals surface area contributed by atoms with Crippen LogP contribution in [0.25, 0.3) is 0 Å². The van der Waals surface area contributed by atoms with Crippen molar-refractivity contribution >= 4 is 34.9 Å². The van der Waals surface area contributed by atoms with Crippen LogP contribution < -0.4 is 10.6 Å². The number of benzene rings is 1. The molecule has 116 valence electrons. The zero-order valence-corrected chi connectivity index (χ0v) is 13.1. The number of carboxylic acid groups (broad SMARTS) is 1. The number of halogens is 1. The van der Waals surface area contributed by atoms with E-state index >= 15 is 0 Å². The lowest BCUT2D eigenvalue weighted by atomic mass is 10.1. The third kappa shape index (κ3) is 4.26. The van der Waals surface area contributed by atoms with E-state index in [0.717, 1.165) is 6.42 Å². The van der Waals surface area contributed by atoms with Crippen molar-refractivity contribution in [3.8, 4) is 0 Å². The normalized spacial score (nSPS) is 10.3. The third-order valence-corrected chi connectivity index (χ3v) is 3.24. The number of hydrogen-bond donors (Lipinski definition) is 2. The fourth-order valence-electron chi connectivity index (χ4n) is 1.95. The molecule has 0 spiro atoms. The number of nitrogens with zero attached hydrogens (tertiary/aromatic N) is 2. The highest BCUT2D eigenvalue weighted by Gasteiger charge is 2.22. The summed E-state index contributed by atoms with van der Waals surface area (Å²) in [6, 6.07) is 2.85. The van der Waals surface area contributed by atoms with Crippen LogP contribution in [-0.4, -0.2) is 49.1 Å². The lowest BCUT2D eigenvalue weighted by Gasteiger charge is -2.27. The summed E-state index contributed by atoms with van der Waals surface area (Å²) < 4.78 is 0. The van der Waals surface area contributed by atoms with E-state index in [1.54, 1.807) is 19.0 Å². The molecule has 0 aromatic heterocycles. The molecule has 7 heteroatoms. The molecule has 6 nitrogen and oxygen atoms in total. The van der Waals surface area contributed by atoms with Crippen molar-refractivity contribution in [2.45, 2.75) is 13.3 Å². The number of rotatable bonds is 6. The van der Waals surface area contributed by atoms with Gasteiger partial charge in [0.2, 0.25) is 5.91 Å². The average Bonchev–Trinajstić information content (AvgIpc) is 2.37. The van der Waals surface area contributed by atoms with Crippen LogP contribution in [0.2, 0.25) is 5.02 Å². The number of anilines is 2. The molecule has 3 N–H and O–H groups in total. The first-order chi connectivity index (χ1) is 9.77. The number of amides is 1. The molecule has 1 amide bonds. The highest BCUT2D eigenvalue weighted by atomic mass is 35.5. The molecule has 21 heavy (non-hydrogen) atoms. The maximum atomic E-state index is 11.9. The third-order valence-electron chi connectivity index (χ3n) is 2.95. The molecule has 1 aromatic rings. The van der Waals surface area contributed by atoms with Crippen molar-refractivity contribution in [3.63, 3.8) is 0 Å². The fourth-order valence-corrected chi connectivity index (χ4v) is 2.30. The quantitative estimate of drug-likeness (QED) is 0.784. The SMILES string of the molecule is CCCN(CC(=O)N(C)C)c1c(Cl)cc(N)cc1C(=O)O. The summed E-state index contributed by atoms with van der Waals surface area (Å²) in [4.78, 5) is 26.5. The Morgan fingerprint density at radius 3 is 2.43 bits per heavy atom. The van der Waals surface area contributed by atoms with Crippen LogP contribution in [0.5, 0.6) is 0 Å². The number of nitrogen functional groups attached to an aromatic ring is 1. The van der Waals surface area contributed by atoms with Crippen LogP contribution in [0.4, 0.5) is 11.4 Å². The lowest BCUT2D eigenvalue weighted by molar-refractivity contribution is -0.127. The molecule has 0 saturated heterocycles. The highest BCUT2D eigenvalue weighted by molar-refractivity contribution is 6.34. The number of likely N-dealkylation sites (N-methyl/N-ethyl adjacent to an activating group) is 1. The molecule has 1 rings (SSSR count). The van der Waals surface area contributed by atoms with Gasteiger partial charge >= 0.3 is 5.97 Å². The van der Waals surface area contributed by atoms with Gasteiger partial charge in [0.15, 0.2) is 0 Å². The number of hydrogen-bond acceptors (Lipinski definition) is 4. The van der Waals surface area contributed by atoms with E-state index in [1.165, 1.54) is 17.0 Å². The largest absolute Gasteiger partial charge is 0.478 e. The zero-order valence-electron chi connectivity index (χ0n) is 12.4. The van der Waals surface area contributed by atoms with Gasteiger partial charge in [-0.3, -0.25) is 4.79 Å². The molecule has 0 bridgehead atoms. The Labute approximate surface area is 129 Å². The van der Waals surface area contributed by atoms with Crippen LogP contribution in [0.1, 0.15) is 23.7 Å². The van der Waals surface area contributed by atoms with Crippen LogP contribution in [0, 0.1) is 0 Å². The Morgan fingerprint density at radius 1 is 1.33 bits per heavy atom. The first kappa shape index (κ1) is 17.1. The summed E-state index contributed by atoms with van der Waals surface area (Å²) in [5.41, 5.74) is 6.25. The topological polar surface area (TPSA) is 86.9 Å². The summed E-state index contributed by atoms with van der Waals surface area (Å²) in [6.07, 6.45) is 0.750. The monoisotopic (exact) mass is 313 g/mol. The summed E-state index contributed by atoms with van der Waals surface area (Å²) in [7, 11) is 3.30. The first-order valence-electron chi connectivity index (χ1n) is 6.55. The summed E-state index contributed by atoms with van der Waals surface area (Å²) in [5.74, 6) is -1.26. The molecule has 0 atom stereocenters. The standard InChI is InChI=1S/C14H20ClN3O3/c1-4-5-18(8-12(19)17(2)3)13-10(14(20)21)6-9(16)7-11(13)15/h6-7H,4-5,8,16H2,1-3H3,(H,20,21). The zero-order chi connectivity index (χ0) is 16.2. The maximum Gasteiger partial charge on any atom is 0.337 e. The van der Waals surface area contributed by atoms with Gasteiger partial charge < -0.3 is 20.6 Å². The molecule has 0 fully saturated rings. The van der Waals surface area contributed by atoms with E-state index in [9.17, 15) is 14.7 Å². The van der Waals surface area contributed by atoms with Crippen LogP contribution in [0.3, 0.4) is 0 Å². The molecule has 0 aliphatic heterocycles. The number of carboxylic acids is 1. The first-order valence-corrected chi connectivity index (χ1v) is 6.93. The van der Waals surface area contributed by atoms with Crippen molar-refractivity contribution in [2.24, 2.45) is 0 Å². The van der Waals surface area contributed by atoms with Crippen molar-refractivity contribution in [2.75, 3.05) is 37.8 Å². The predicted molar refractivity (Wildman–Crippen MR) is 84.0 cm³/mol. The Bertz CT molecular complexity index is 547.